The quantitative estimate of drug-likeness (QED) is 0.545. The summed E-state index contributed by atoms with van der Waals surface area (Å²) in [6.07, 6.45) is 0.306. The van der Waals surface area contributed by atoms with Crippen LogP contribution >= 0.6 is 0 Å². The van der Waals surface area contributed by atoms with Gasteiger partial charge < -0.3 is 21.3 Å². The fraction of sp³-hybridized carbons (Fsp3) is 0.462. The van der Waals surface area contributed by atoms with Gasteiger partial charge in [0, 0.05) is 12.1 Å². The van der Waals surface area contributed by atoms with Crippen molar-refractivity contribution in [3.8, 4) is 0 Å². The normalized spacial score (nSPS) is 12.4. The van der Waals surface area contributed by atoms with Crippen LogP contribution in [0, 0.1) is 0 Å². The zero-order valence-corrected chi connectivity index (χ0v) is 10.5. The molecule has 0 aliphatic carbocycles. The summed E-state index contributed by atoms with van der Waals surface area (Å²) in [5.74, 6) is -0.129. The number of aliphatic hydroxyl groups excluding tert-OH is 2. The van der Waals surface area contributed by atoms with Gasteiger partial charge in [-0.3, -0.25) is 4.79 Å². The number of amides is 1. The minimum Gasteiger partial charge on any atom is -0.399 e. The molecule has 100 valence electrons. The molecule has 0 saturated carbocycles. The van der Waals surface area contributed by atoms with Gasteiger partial charge in [-0.05, 0) is 23.6 Å². The van der Waals surface area contributed by atoms with E-state index < -0.39 is 6.04 Å². The number of carbonyl (C=O) groups is 1. The molecule has 0 aliphatic heterocycles. The molecule has 0 saturated heterocycles. The van der Waals surface area contributed by atoms with E-state index in [9.17, 15) is 4.79 Å². The highest BCUT2D eigenvalue weighted by Crippen LogP contribution is 2.19. The molecule has 1 unspecified atom stereocenters. The maximum atomic E-state index is 11.7. The Labute approximate surface area is 107 Å². The summed E-state index contributed by atoms with van der Waals surface area (Å²) in [6.45, 7) is 1.41. The molecule has 5 heteroatoms. The van der Waals surface area contributed by atoms with Crippen LogP contribution in [0.4, 0.5) is 5.69 Å². The third kappa shape index (κ3) is 4.35. The lowest BCUT2D eigenvalue weighted by Gasteiger charge is -2.16. The lowest BCUT2D eigenvalue weighted by atomic mass is 9.97. The fourth-order valence-electron chi connectivity index (χ4n) is 1.66. The molecule has 0 aromatic heterocycles. The van der Waals surface area contributed by atoms with Crippen molar-refractivity contribution < 1.29 is 15.0 Å². The van der Waals surface area contributed by atoms with Gasteiger partial charge in [0.2, 0.25) is 5.91 Å². The van der Waals surface area contributed by atoms with Crippen molar-refractivity contribution in [2.75, 3.05) is 18.9 Å². The highest BCUT2D eigenvalue weighted by molar-refractivity contribution is 5.77. The Kier molecular flexibility index (Phi) is 5.61. The summed E-state index contributed by atoms with van der Waals surface area (Å²) >= 11 is 0. The first-order chi connectivity index (χ1) is 8.56. The summed E-state index contributed by atoms with van der Waals surface area (Å²) in [7, 11) is 0. The Bertz CT molecular complexity index is 374. The first-order valence-corrected chi connectivity index (χ1v) is 5.93. The average Bonchev–Trinajstić information content (AvgIpc) is 2.36. The first-order valence-electron chi connectivity index (χ1n) is 5.93. The van der Waals surface area contributed by atoms with E-state index in [1.165, 1.54) is 0 Å². The van der Waals surface area contributed by atoms with Crippen molar-refractivity contribution in [2.24, 2.45) is 0 Å². The SMILES string of the molecule is CC(CC(=O)NC(CO)CO)c1ccc(N)cc1. The number of anilines is 1. The van der Waals surface area contributed by atoms with Crippen LogP contribution in [-0.2, 0) is 4.79 Å². The highest BCUT2D eigenvalue weighted by Gasteiger charge is 2.14. The van der Waals surface area contributed by atoms with Crippen molar-refractivity contribution in [1.82, 2.24) is 5.32 Å². The summed E-state index contributed by atoms with van der Waals surface area (Å²) in [6, 6.07) is 6.80. The number of carbonyl (C=O) groups excluding carboxylic acids is 1. The Balaban J connectivity index is 2.51. The molecule has 0 fully saturated rings. The second kappa shape index (κ2) is 6.98. The van der Waals surface area contributed by atoms with Crippen LogP contribution in [0.3, 0.4) is 0 Å². The van der Waals surface area contributed by atoms with Gasteiger partial charge in [-0.25, -0.2) is 0 Å². The molecule has 1 aromatic rings. The van der Waals surface area contributed by atoms with Gasteiger partial charge in [-0.2, -0.15) is 0 Å². The summed E-state index contributed by atoms with van der Waals surface area (Å²) < 4.78 is 0. The zero-order valence-electron chi connectivity index (χ0n) is 10.5. The van der Waals surface area contributed by atoms with E-state index in [2.05, 4.69) is 5.32 Å². The number of nitrogens with two attached hydrogens (primary N) is 1. The molecule has 1 aromatic carbocycles. The van der Waals surface area contributed by atoms with Crippen molar-refractivity contribution in [1.29, 1.82) is 0 Å². The standard InChI is InChI=1S/C13H20N2O3/c1-9(10-2-4-11(14)5-3-10)6-13(18)15-12(7-16)8-17/h2-5,9,12,16-17H,6-8,14H2,1H3,(H,15,18). The monoisotopic (exact) mass is 252 g/mol. The number of benzene rings is 1. The van der Waals surface area contributed by atoms with E-state index in [1.54, 1.807) is 12.1 Å². The van der Waals surface area contributed by atoms with E-state index in [1.807, 2.05) is 19.1 Å². The van der Waals surface area contributed by atoms with Crippen LogP contribution in [-0.4, -0.2) is 35.4 Å². The van der Waals surface area contributed by atoms with Crippen molar-refractivity contribution >= 4 is 11.6 Å². The molecular weight excluding hydrogens is 232 g/mol. The summed E-state index contributed by atoms with van der Waals surface area (Å²) in [4.78, 5) is 11.7. The fourth-order valence-corrected chi connectivity index (χ4v) is 1.66. The number of hydrogen-bond acceptors (Lipinski definition) is 4. The molecule has 0 aliphatic rings. The number of hydrogen-bond donors (Lipinski definition) is 4. The molecule has 1 atom stereocenters. The van der Waals surface area contributed by atoms with E-state index in [0.717, 1.165) is 5.56 Å². The van der Waals surface area contributed by atoms with Crippen LogP contribution in [0.1, 0.15) is 24.8 Å². The molecule has 5 nitrogen and oxygen atoms in total. The lowest BCUT2D eigenvalue weighted by Crippen LogP contribution is -2.40. The van der Waals surface area contributed by atoms with Crippen LogP contribution in [0.5, 0.6) is 0 Å². The van der Waals surface area contributed by atoms with Gasteiger partial charge in [-0.15, -0.1) is 0 Å². The number of aliphatic hydroxyl groups is 2. The maximum absolute atomic E-state index is 11.7. The third-order valence-electron chi connectivity index (χ3n) is 2.80. The van der Waals surface area contributed by atoms with Gasteiger partial charge in [0.1, 0.15) is 0 Å². The zero-order chi connectivity index (χ0) is 13.5. The number of nitrogen functional groups attached to an aromatic ring is 1. The molecule has 0 heterocycles. The molecular formula is C13H20N2O3. The molecule has 5 N–H and O–H groups in total. The smallest absolute Gasteiger partial charge is 0.220 e. The summed E-state index contributed by atoms with van der Waals surface area (Å²) in [5, 5.41) is 20.3. The molecule has 0 radical (unpaired) electrons. The molecule has 0 bridgehead atoms. The van der Waals surface area contributed by atoms with E-state index in [4.69, 9.17) is 15.9 Å². The molecule has 18 heavy (non-hydrogen) atoms. The molecule has 1 rings (SSSR count). The van der Waals surface area contributed by atoms with Crippen LogP contribution in [0.15, 0.2) is 24.3 Å². The molecule has 1 amide bonds. The van der Waals surface area contributed by atoms with Gasteiger partial charge >= 0.3 is 0 Å². The second-order valence-corrected chi connectivity index (χ2v) is 4.40. The van der Waals surface area contributed by atoms with Gasteiger partial charge in [0.25, 0.3) is 0 Å². The predicted octanol–water partition coefficient (Wildman–Crippen LogP) is 0.232. The Morgan fingerprint density at radius 2 is 1.83 bits per heavy atom. The largest absolute Gasteiger partial charge is 0.399 e. The lowest BCUT2D eigenvalue weighted by molar-refractivity contribution is -0.122. The van der Waals surface area contributed by atoms with E-state index in [-0.39, 0.29) is 25.0 Å². The Morgan fingerprint density at radius 1 is 1.28 bits per heavy atom. The number of rotatable bonds is 6. The molecule has 0 spiro atoms. The first kappa shape index (κ1) is 14.5. The van der Waals surface area contributed by atoms with Crippen molar-refractivity contribution in [3.05, 3.63) is 29.8 Å². The Hall–Kier alpha value is -1.59. The maximum Gasteiger partial charge on any atom is 0.220 e. The van der Waals surface area contributed by atoms with Crippen LogP contribution in [0.25, 0.3) is 0 Å². The minimum atomic E-state index is -0.587. The third-order valence-corrected chi connectivity index (χ3v) is 2.80. The van der Waals surface area contributed by atoms with Crippen LogP contribution in [0.2, 0.25) is 0 Å². The number of nitrogens with one attached hydrogen (secondary N) is 1. The van der Waals surface area contributed by atoms with Crippen molar-refractivity contribution in [2.45, 2.75) is 25.3 Å². The van der Waals surface area contributed by atoms with Crippen molar-refractivity contribution in [3.63, 3.8) is 0 Å². The summed E-state index contributed by atoms with van der Waals surface area (Å²) in [5.41, 5.74) is 7.32. The van der Waals surface area contributed by atoms with Gasteiger partial charge in [-0.1, -0.05) is 19.1 Å². The highest BCUT2D eigenvalue weighted by atomic mass is 16.3. The predicted molar refractivity (Wildman–Crippen MR) is 70.0 cm³/mol. The minimum absolute atomic E-state index is 0.0589. The Morgan fingerprint density at radius 3 is 2.33 bits per heavy atom. The topological polar surface area (TPSA) is 95.6 Å². The van der Waals surface area contributed by atoms with E-state index in [0.29, 0.717) is 12.1 Å². The van der Waals surface area contributed by atoms with Crippen LogP contribution < -0.4 is 11.1 Å². The van der Waals surface area contributed by atoms with Gasteiger partial charge in [0.05, 0.1) is 19.3 Å². The van der Waals surface area contributed by atoms with Gasteiger partial charge in [0.15, 0.2) is 0 Å². The average molecular weight is 252 g/mol. The van der Waals surface area contributed by atoms with E-state index >= 15 is 0 Å². The second-order valence-electron chi connectivity index (χ2n) is 4.40.